The Morgan fingerprint density at radius 2 is 1.38 bits per heavy atom. The molecule has 0 fully saturated rings. The van der Waals surface area contributed by atoms with Crippen molar-refractivity contribution >= 4 is 11.9 Å². The van der Waals surface area contributed by atoms with Crippen molar-refractivity contribution in [2.45, 2.75) is 84.0 Å². The summed E-state index contributed by atoms with van der Waals surface area (Å²) in [5, 5.41) is 2.84. The van der Waals surface area contributed by atoms with E-state index in [0.717, 1.165) is 12.8 Å². The minimum atomic E-state index is -0.219. The molecule has 0 bridgehead atoms. The lowest BCUT2D eigenvalue weighted by molar-refractivity contribution is -0.140. The second kappa shape index (κ2) is 15.3. The summed E-state index contributed by atoms with van der Waals surface area (Å²) < 4.78 is 4.54. The van der Waals surface area contributed by atoms with Crippen LogP contribution in [-0.2, 0) is 14.3 Å². The molecule has 0 saturated carbocycles. The van der Waals surface area contributed by atoms with Crippen LogP contribution in [0.4, 0.5) is 0 Å². The number of rotatable bonds is 14. The average Bonchev–Trinajstić information content (AvgIpc) is 2.49. The van der Waals surface area contributed by atoms with Crippen LogP contribution in [-0.4, -0.2) is 25.5 Å². The SMILES string of the molecule is CCCCCCCCCCCC(=O)NCCCC(=O)OC. The monoisotopic (exact) mass is 299 g/mol. The van der Waals surface area contributed by atoms with Crippen LogP contribution in [0.3, 0.4) is 0 Å². The molecule has 0 saturated heterocycles. The van der Waals surface area contributed by atoms with E-state index in [-0.39, 0.29) is 11.9 Å². The van der Waals surface area contributed by atoms with Gasteiger partial charge in [0.2, 0.25) is 5.91 Å². The Morgan fingerprint density at radius 3 is 1.95 bits per heavy atom. The summed E-state index contributed by atoms with van der Waals surface area (Å²) >= 11 is 0. The van der Waals surface area contributed by atoms with Crippen LogP contribution in [0.25, 0.3) is 0 Å². The molecule has 0 heterocycles. The number of carbonyl (C=O) groups is 2. The minimum absolute atomic E-state index is 0.0998. The first-order valence-corrected chi connectivity index (χ1v) is 8.54. The van der Waals surface area contributed by atoms with Gasteiger partial charge >= 0.3 is 5.97 Å². The number of carbonyl (C=O) groups excluding carboxylic acids is 2. The van der Waals surface area contributed by atoms with Crippen molar-refractivity contribution in [3.8, 4) is 0 Å². The lowest BCUT2D eigenvalue weighted by Crippen LogP contribution is -2.24. The maximum Gasteiger partial charge on any atom is 0.305 e. The van der Waals surface area contributed by atoms with E-state index in [1.54, 1.807) is 0 Å². The third-order valence-corrected chi connectivity index (χ3v) is 3.61. The Kier molecular flexibility index (Phi) is 14.6. The molecule has 0 aliphatic heterocycles. The van der Waals surface area contributed by atoms with Crippen molar-refractivity contribution in [3.05, 3.63) is 0 Å². The largest absolute Gasteiger partial charge is 0.469 e. The normalized spacial score (nSPS) is 10.4. The number of hydrogen-bond acceptors (Lipinski definition) is 3. The fourth-order valence-electron chi connectivity index (χ4n) is 2.25. The van der Waals surface area contributed by atoms with Gasteiger partial charge in [-0.2, -0.15) is 0 Å². The van der Waals surface area contributed by atoms with Crippen molar-refractivity contribution in [3.63, 3.8) is 0 Å². The van der Waals surface area contributed by atoms with Gasteiger partial charge in [0.25, 0.3) is 0 Å². The molecule has 0 aromatic heterocycles. The first kappa shape index (κ1) is 19.9. The molecule has 0 radical (unpaired) electrons. The van der Waals surface area contributed by atoms with Gasteiger partial charge < -0.3 is 10.1 Å². The molecule has 1 N–H and O–H groups in total. The Bertz CT molecular complexity index is 267. The molecule has 0 rings (SSSR count). The first-order valence-electron chi connectivity index (χ1n) is 8.54. The first-order chi connectivity index (χ1) is 10.2. The Labute approximate surface area is 130 Å². The summed E-state index contributed by atoms with van der Waals surface area (Å²) in [4.78, 5) is 22.4. The number of amides is 1. The molecule has 0 spiro atoms. The predicted octanol–water partition coefficient (Wildman–Crippen LogP) is 3.98. The van der Waals surface area contributed by atoms with E-state index in [4.69, 9.17) is 0 Å². The van der Waals surface area contributed by atoms with Crippen LogP contribution in [0.5, 0.6) is 0 Å². The Hall–Kier alpha value is -1.06. The third-order valence-electron chi connectivity index (χ3n) is 3.61. The van der Waals surface area contributed by atoms with E-state index >= 15 is 0 Å². The predicted molar refractivity (Wildman–Crippen MR) is 86.1 cm³/mol. The maximum atomic E-state index is 11.5. The smallest absolute Gasteiger partial charge is 0.305 e. The van der Waals surface area contributed by atoms with E-state index in [9.17, 15) is 9.59 Å². The molecule has 4 heteroatoms. The van der Waals surface area contributed by atoms with Gasteiger partial charge in [0.05, 0.1) is 7.11 Å². The van der Waals surface area contributed by atoms with Crippen LogP contribution >= 0.6 is 0 Å². The molecule has 0 aromatic rings. The van der Waals surface area contributed by atoms with Crippen molar-refractivity contribution < 1.29 is 14.3 Å². The quantitative estimate of drug-likeness (QED) is 0.390. The van der Waals surface area contributed by atoms with Crippen LogP contribution < -0.4 is 5.32 Å². The van der Waals surface area contributed by atoms with E-state index in [1.165, 1.54) is 52.1 Å². The lowest BCUT2D eigenvalue weighted by Gasteiger charge is -2.05. The summed E-state index contributed by atoms with van der Waals surface area (Å²) in [6, 6.07) is 0. The minimum Gasteiger partial charge on any atom is -0.469 e. The standard InChI is InChI=1S/C17H33NO3/c1-3-4-5-6-7-8-9-10-11-13-16(19)18-15-12-14-17(20)21-2/h3-15H2,1-2H3,(H,18,19). The van der Waals surface area contributed by atoms with Crippen LogP contribution in [0, 0.1) is 0 Å². The van der Waals surface area contributed by atoms with Crippen molar-refractivity contribution in [2.75, 3.05) is 13.7 Å². The zero-order valence-electron chi connectivity index (χ0n) is 13.9. The summed E-state index contributed by atoms with van der Waals surface area (Å²) in [5.74, 6) is -0.119. The van der Waals surface area contributed by atoms with E-state index < -0.39 is 0 Å². The maximum absolute atomic E-state index is 11.5. The van der Waals surface area contributed by atoms with Gasteiger partial charge in [-0.1, -0.05) is 58.3 Å². The van der Waals surface area contributed by atoms with Gasteiger partial charge in [-0.25, -0.2) is 0 Å². The zero-order valence-corrected chi connectivity index (χ0v) is 13.9. The number of unbranched alkanes of at least 4 members (excludes halogenated alkanes) is 8. The molecule has 4 nitrogen and oxygen atoms in total. The third kappa shape index (κ3) is 15.2. The topological polar surface area (TPSA) is 55.4 Å². The summed E-state index contributed by atoms with van der Waals surface area (Å²) in [7, 11) is 1.38. The molecule has 124 valence electrons. The Morgan fingerprint density at radius 1 is 0.810 bits per heavy atom. The number of ether oxygens (including phenoxy) is 1. The van der Waals surface area contributed by atoms with Crippen LogP contribution in [0.1, 0.15) is 84.0 Å². The van der Waals surface area contributed by atoms with Gasteiger partial charge in [-0.3, -0.25) is 9.59 Å². The summed E-state index contributed by atoms with van der Waals surface area (Å²) in [6.07, 6.45) is 13.0. The average molecular weight is 299 g/mol. The zero-order chi connectivity index (χ0) is 15.8. The number of esters is 1. The highest BCUT2D eigenvalue weighted by atomic mass is 16.5. The molecule has 1 amide bonds. The second-order valence-electron chi connectivity index (χ2n) is 5.61. The van der Waals surface area contributed by atoms with Crippen molar-refractivity contribution in [2.24, 2.45) is 0 Å². The fraction of sp³-hybridized carbons (Fsp3) is 0.882. The van der Waals surface area contributed by atoms with Crippen LogP contribution in [0.2, 0.25) is 0 Å². The number of methoxy groups -OCH3 is 1. The van der Waals surface area contributed by atoms with Gasteiger partial charge in [-0.15, -0.1) is 0 Å². The molecule has 0 unspecified atom stereocenters. The van der Waals surface area contributed by atoms with Crippen molar-refractivity contribution in [1.29, 1.82) is 0 Å². The fourth-order valence-corrected chi connectivity index (χ4v) is 2.25. The van der Waals surface area contributed by atoms with Crippen molar-refractivity contribution in [1.82, 2.24) is 5.32 Å². The molecule has 0 aromatic carbocycles. The van der Waals surface area contributed by atoms with E-state index in [0.29, 0.717) is 25.8 Å². The molecular weight excluding hydrogens is 266 g/mol. The van der Waals surface area contributed by atoms with Gasteiger partial charge in [0, 0.05) is 19.4 Å². The number of nitrogens with one attached hydrogen (secondary N) is 1. The summed E-state index contributed by atoms with van der Waals surface area (Å²) in [5.41, 5.74) is 0. The highest BCUT2D eigenvalue weighted by Gasteiger charge is 2.02. The second-order valence-corrected chi connectivity index (χ2v) is 5.61. The van der Waals surface area contributed by atoms with E-state index in [2.05, 4.69) is 17.0 Å². The highest BCUT2D eigenvalue weighted by molar-refractivity contribution is 5.75. The Balaban J connectivity index is 3.21. The van der Waals surface area contributed by atoms with Crippen LogP contribution in [0.15, 0.2) is 0 Å². The van der Waals surface area contributed by atoms with E-state index in [1.807, 2.05) is 0 Å². The summed E-state index contributed by atoms with van der Waals surface area (Å²) in [6.45, 7) is 2.80. The van der Waals surface area contributed by atoms with Gasteiger partial charge in [-0.05, 0) is 12.8 Å². The van der Waals surface area contributed by atoms with Gasteiger partial charge in [0.15, 0.2) is 0 Å². The molecule has 0 aliphatic carbocycles. The molecule has 0 aliphatic rings. The molecule has 0 atom stereocenters. The highest BCUT2D eigenvalue weighted by Crippen LogP contribution is 2.10. The molecular formula is C17H33NO3. The lowest BCUT2D eigenvalue weighted by atomic mass is 10.1. The van der Waals surface area contributed by atoms with Gasteiger partial charge in [0.1, 0.15) is 0 Å². The number of hydrogen-bond donors (Lipinski definition) is 1. The molecule has 21 heavy (non-hydrogen) atoms.